The van der Waals surface area contributed by atoms with E-state index >= 15 is 0 Å². The predicted octanol–water partition coefficient (Wildman–Crippen LogP) is 3.80. The number of hydrogen-bond acceptors (Lipinski definition) is 1. The zero-order valence-electron chi connectivity index (χ0n) is 12.3. The van der Waals surface area contributed by atoms with Gasteiger partial charge in [-0.1, -0.05) is 32.0 Å². The summed E-state index contributed by atoms with van der Waals surface area (Å²) < 4.78 is 38.3. The number of nitrogens with one attached hydrogen (secondary N) is 1. The van der Waals surface area contributed by atoms with E-state index in [1.165, 1.54) is 12.1 Å². The van der Waals surface area contributed by atoms with Gasteiger partial charge in [0.05, 0.1) is 5.56 Å². The Bertz CT molecular complexity index is 522. The van der Waals surface area contributed by atoms with Crippen molar-refractivity contribution in [1.82, 2.24) is 5.32 Å². The number of amides is 1. The molecular weight excluding hydrogens is 279 g/mol. The molecule has 1 fully saturated rings. The summed E-state index contributed by atoms with van der Waals surface area (Å²) in [5.74, 6) is 0.226. The summed E-state index contributed by atoms with van der Waals surface area (Å²) in [4.78, 5) is 11.5. The molecule has 1 N–H and O–H groups in total. The summed E-state index contributed by atoms with van der Waals surface area (Å²) in [6, 6.07) is 5.47. The second-order valence-corrected chi connectivity index (χ2v) is 6.40. The molecule has 0 aliphatic carbocycles. The Hall–Kier alpha value is -1.52. The molecule has 1 amide bonds. The molecule has 0 unspecified atom stereocenters. The smallest absolute Gasteiger partial charge is 0.356 e. The Morgan fingerprint density at radius 2 is 2.00 bits per heavy atom. The van der Waals surface area contributed by atoms with E-state index in [4.69, 9.17) is 0 Å². The van der Waals surface area contributed by atoms with Gasteiger partial charge in [0.25, 0.3) is 0 Å². The fourth-order valence-electron chi connectivity index (χ4n) is 2.98. The van der Waals surface area contributed by atoms with Crippen LogP contribution in [-0.4, -0.2) is 12.5 Å². The van der Waals surface area contributed by atoms with Crippen LogP contribution in [-0.2, 0) is 17.4 Å². The molecule has 1 aromatic rings. The summed E-state index contributed by atoms with van der Waals surface area (Å²) in [5, 5.41) is 2.79. The van der Waals surface area contributed by atoms with Crippen molar-refractivity contribution in [1.29, 1.82) is 0 Å². The van der Waals surface area contributed by atoms with Crippen LogP contribution in [0.2, 0.25) is 0 Å². The van der Waals surface area contributed by atoms with E-state index in [-0.39, 0.29) is 17.2 Å². The number of carbonyl (C=O) groups excluding carboxylic acids is 1. The van der Waals surface area contributed by atoms with Crippen LogP contribution in [0.4, 0.5) is 13.2 Å². The lowest BCUT2D eigenvalue weighted by atomic mass is 9.70. The summed E-state index contributed by atoms with van der Waals surface area (Å²) in [6.45, 7) is 4.70. The van der Waals surface area contributed by atoms with Gasteiger partial charge in [-0.15, -0.1) is 0 Å². The van der Waals surface area contributed by atoms with E-state index < -0.39 is 11.7 Å². The molecule has 1 aliphatic heterocycles. The molecule has 21 heavy (non-hydrogen) atoms. The minimum Gasteiger partial charge on any atom is -0.356 e. The second-order valence-electron chi connectivity index (χ2n) is 6.40. The Labute approximate surface area is 122 Å². The molecule has 1 heterocycles. The maximum Gasteiger partial charge on any atom is 0.416 e. The average molecular weight is 299 g/mol. The molecule has 1 aliphatic rings. The van der Waals surface area contributed by atoms with Crippen LogP contribution >= 0.6 is 0 Å². The maximum atomic E-state index is 12.8. The second kappa shape index (κ2) is 5.70. The number of rotatable bonds is 3. The molecule has 0 spiro atoms. The molecular formula is C16H20F3NO. The number of benzene rings is 1. The van der Waals surface area contributed by atoms with Gasteiger partial charge in [-0.05, 0) is 35.8 Å². The van der Waals surface area contributed by atoms with Crippen molar-refractivity contribution in [2.75, 3.05) is 6.54 Å². The van der Waals surface area contributed by atoms with E-state index in [9.17, 15) is 18.0 Å². The van der Waals surface area contributed by atoms with E-state index in [0.717, 1.165) is 12.5 Å². The normalized spacial score (nSPS) is 20.2. The van der Waals surface area contributed by atoms with Crippen molar-refractivity contribution in [3.05, 3.63) is 35.4 Å². The molecule has 0 radical (unpaired) electrons. The molecule has 2 nitrogen and oxygen atoms in total. The van der Waals surface area contributed by atoms with Crippen molar-refractivity contribution < 1.29 is 18.0 Å². The standard InChI is InChI=1S/C16H20F3NO/c1-15(2,12-6-7-20-14(21)9-12)10-11-4-3-5-13(8-11)16(17,18)19/h3-5,8,12H,6-7,9-10H2,1-2H3,(H,20,21)/t12-/m1/s1. The first-order chi connectivity index (χ1) is 9.68. The van der Waals surface area contributed by atoms with E-state index in [1.807, 2.05) is 13.8 Å². The Kier molecular flexibility index (Phi) is 4.30. The highest BCUT2D eigenvalue weighted by Gasteiger charge is 2.34. The highest BCUT2D eigenvalue weighted by molar-refractivity contribution is 5.76. The molecule has 5 heteroatoms. The van der Waals surface area contributed by atoms with Gasteiger partial charge in [0.1, 0.15) is 0 Å². The summed E-state index contributed by atoms with van der Waals surface area (Å²) in [6.07, 6.45) is -2.45. The topological polar surface area (TPSA) is 29.1 Å². The molecule has 0 bridgehead atoms. The lowest BCUT2D eigenvalue weighted by molar-refractivity contribution is -0.137. The van der Waals surface area contributed by atoms with Crippen molar-refractivity contribution in [3.8, 4) is 0 Å². The van der Waals surface area contributed by atoms with E-state index in [1.54, 1.807) is 6.07 Å². The number of piperidine rings is 1. The molecule has 1 aromatic carbocycles. The maximum absolute atomic E-state index is 12.8. The highest BCUT2D eigenvalue weighted by atomic mass is 19.4. The van der Waals surface area contributed by atoms with Crippen LogP contribution in [0, 0.1) is 11.3 Å². The minimum absolute atomic E-state index is 0.0309. The van der Waals surface area contributed by atoms with Gasteiger partial charge in [-0.3, -0.25) is 4.79 Å². The Morgan fingerprint density at radius 3 is 2.62 bits per heavy atom. The molecule has 116 valence electrons. The average Bonchev–Trinajstić information content (AvgIpc) is 2.37. The summed E-state index contributed by atoms with van der Waals surface area (Å²) in [7, 11) is 0. The molecule has 0 saturated carbocycles. The zero-order chi connectivity index (χ0) is 15.7. The lowest BCUT2D eigenvalue weighted by Gasteiger charge is -2.37. The van der Waals surface area contributed by atoms with Crippen LogP contribution in [0.3, 0.4) is 0 Å². The Morgan fingerprint density at radius 1 is 1.29 bits per heavy atom. The number of alkyl halides is 3. The van der Waals surface area contributed by atoms with Crippen molar-refractivity contribution in [3.63, 3.8) is 0 Å². The molecule has 1 atom stereocenters. The number of hydrogen-bond donors (Lipinski definition) is 1. The number of halogens is 3. The molecule has 0 aromatic heterocycles. The zero-order valence-corrected chi connectivity index (χ0v) is 12.3. The third-order valence-corrected chi connectivity index (χ3v) is 4.27. The van der Waals surface area contributed by atoms with E-state index in [0.29, 0.717) is 24.9 Å². The van der Waals surface area contributed by atoms with Crippen molar-refractivity contribution >= 4 is 5.91 Å². The third kappa shape index (κ3) is 3.99. The largest absolute Gasteiger partial charge is 0.416 e. The first-order valence-electron chi connectivity index (χ1n) is 7.11. The monoisotopic (exact) mass is 299 g/mol. The third-order valence-electron chi connectivity index (χ3n) is 4.27. The van der Waals surface area contributed by atoms with Gasteiger partial charge in [-0.25, -0.2) is 0 Å². The van der Waals surface area contributed by atoms with Crippen molar-refractivity contribution in [2.45, 2.75) is 39.3 Å². The fourth-order valence-corrected chi connectivity index (χ4v) is 2.98. The first-order valence-corrected chi connectivity index (χ1v) is 7.11. The van der Waals surface area contributed by atoms with Crippen LogP contribution in [0.25, 0.3) is 0 Å². The first kappa shape index (κ1) is 15.9. The Balaban J connectivity index is 2.14. The van der Waals surface area contributed by atoms with Gasteiger partial charge in [0, 0.05) is 13.0 Å². The van der Waals surface area contributed by atoms with Gasteiger partial charge in [0.15, 0.2) is 0 Å². The SMILES string of the molecule is CC(C)(Cc1cccc(C(F)(F)F)c1)[C@@H]1CCNC(=O)C1. The van der Waals surface area contributed by atoms with Crippen LogP contribution < -0.4 is 5.32 Å². The minimum atomic E-state index is -4.31. The summed E-state index contributed by atoms with van der Waals surface area (Å²) in [5.41, 5.74) is -0.153. The van der Waals surface area contributed by atoms with Crippen molar-refractivity contribution in [2.24, 2.45) is 11.3 Å². The van der Waals surface area contributed by atoms with Gasteiger partial charge in [0.2, 0.25) is 5.91 Å². The molecule has 1 saturated heterocycles. The van der Waals surface area contributed by atoms with E-state index in [2.05, 4.69) is 5.32 Å². The molecule has 2 rings (SSSR count). The van der Waals surface area contributed by atoms with Gasteiger partial charge in [-0.2, -0.15) is 13.2 Å². The highest BCUT2D eigenvalue weighted by Crippen LogP contribution is 2.38. The number of carbonyl (C=O) groups is 1. The summed E-state index contributed by atoms with van der Waals surface area (Å²) >= 11 is 0. The van der Waals surface area contributed by atoms with Gasteiger partial charge >= 0.3 is 6.18 Å². The predicted molar refractivity (Wildman–Crippen MR) is 74.7 cm³/mol. The van der Waals surface area contributed by atoms with Crippen LogP contribution in [0.15, 0.2) is 24.3 Å². The van der Waals surface area contributed by atoms with Crippen LogP contribution in [0.5, 0.6) is 0 Å². The van der Waals surface area contributed by atoms with Gasteiger partial charge < -0.3 is 5.32 Å². The quantitative estimate of drug-likeness (QED) is 0.903. The van der Waals surface area contributed by atoms with Crippen LogP contribution in [0.1, 0.15) is 37.8 Å². The fraction of sp³-hybridized carbons (Fsp3) is 0.562. The lowest BCUT2D eigenvalue weighted by Crippen LogP contribution is -2.40.